The number of fused-ring (bicyclic) bond motifs is 5. The van der Waals surface area contributed by atoms with Gasteiger partial charge in [-0.3, -0.25) is 4.79 Å². The predicted molar refractivity (Wildman–Crippen MR) is 154 cm³/mol. The Balaban J connectivity index is 1.81. The molecule has 0 radical (unpaired) electrons. The van der Waals surface area contributed by atoms with E-state index in [4.69, 9.17) is 36.2 Å². The van der Waals surface area contributed by atoms with Crippen LogP contribution in [0.1, 0.15) is 48.5 Å². The number of carbonyl (C=O) groups excluding carboxylic acids is 2. The first kappa shape index (κ1) is 24.7. The molecule has 0 saturated heterocycles. The van der Waals surface area contributed by atoms with Gasteiger partial charge in [-0.25, -0.2) is 4.79 Å². The number of nitrogens with two attached hydrogens (primary N) is 1. The third-order valence-corrected chi connectivity index (χ3v) is 6.87. The number of hydrogen-bond acceptors (Lipinski definition) is 4. The summed E-state index contributed by atoms with van der Waals surface area (Å²) in [5.41, 5.74) is 12.9. The smallest absolute Gasteiger partial charge is 0.339 e. The van der Waals surface area contributed by atoms with Gasteiger partial charge < -0.3 is 10.5 Å². The fourth-order valence-electron chi connectivity index (χ4n) is 5.13. The third-order valence-electron chi connectivity index (χ3n) is 6.87. The summed E-state index contributed by atoms with van der Waals surface area (Å²) in [6.45, 7) is 0. The minimum Gasteiger partial charge on any atom is -0.465 e. The summed E-state index contributed by atoms with van der Waals surface area (Å²) in [6, 6.07) is 18.1. The van der Waals surface area contributed by atoms with Crippen molar-refractivity contribution in [3.8, 4) is 82.8 Å². The van der Waals surface area contributed by atoms with Crippen molar-refractivity contribution in [1.29, 1.82) is 0 Å². The van der Waals surface area contributed by atoms with Crippen LogP contribution in [-0.2, 0) is 4.74 Å². The fourth-order valence-corrected chi connectivity index (χ4v) is 5.13. The van der Waals surface area contributed by atoms with Crippen molar-refractivity contribution in [2.24, 2.45) is 0 Å². The molecule has 0 fully saturated rings. The Morgan fingerprint density at radius 2 is 1.38 bits per heavy atom. The Labute approximate surface area is 226 Å². The van der Waals surface area contributed by atoms with E-state index in [-0.39, 0.29) is 33.4 Å². The lowest BCUT2D eigenvalue weighted by molar-refractivity contribution is 0.0600. The van der Waals surface area contributed by atoms with Gasteiger partial charge in [-0.1, -0.05) is 66.1 Å². The van der Waals surface area contributed by atoms with Gasteiger partial charge in [0.15, 0.2) is 5.78 Å². The zero-order valence-corrected chi connectivity index (χ0v) is 20.9. The predicted octanol–water partition coefficient (Wildman–Crippen LogP) is 5.53. The number of esters is 1. The summed E-state index contributed by atoms with van der Waals surface area (Å²) >= 11 is 0. The maximum absolute atomic E-state index is 14.2. The van der Waals surface area contributed by atoms with Gasteiger partial charge in [0.2, 0.25) is 0 Å². The van der Waals surface area contributed by atoms with Crippen LogP contribution in [0.15, 0.2) is 60.7 Å². The van der Waals surface area contributed by atoms with Crippen molar-refractivity contribution < 1.29 is 14.3 Å². The number of ketones is 1. The van der Waals surface area contributed by atoms with Crippen LogP contribution in [0.2, 0.25) is 0 Å². The largest absolute Gasteiger partial charge is 0.465 e. The van der Waals surface area contributed by atoms with Crippen molar-refractivity contribution in [2.45, 2.75) is 0 Å². The van der Waals surface area contributed by atoms with Gasteiger partial charge in [0.1, 0.15) is 0 Å². The summed E-state index contributed by atoms with van der Waals surface area (Å²) in [4.78, 5) is 26.6. The van der Waals surface area contributed by atoms with Crippen LogP contribution in [-0.4, -0.2) is 18.9 Å². The molecule has 2 bridgehead atoms. The van der Waals surface area contributed by atoms with Crippen LogP contribution in [0.4, 0.5) is 5.69 Å². The van der Waals surface area contributed by atoms with Crippen molar-refractivity contribution in [1.82, 2.24) is 0 Å². The minimum atomic E-state index is -0.695. The summed E-state index contributed by atoms with van der Waals surface area (Å²) in [7, 11) is 1.22. The second-order valence-corrected chi connectivity index (χ2v) is 8.72. The number of hydrogen-bond donors (Lipinski definition) is 1. The van der Waals surface area contributed by atoms with Gasteiger partial charge >= 0.3 is 5.97 Å². The van der Waals surface area contributed by atoms with E-state index >= 15 is 0 Å². The lowest BCUT2D eigenvalue weighted by Crippen LogP contribution is -2.14. The first-order valence-corrected chi connectivity index (χ1v) is 11.8. The molecular weight excluding hydrogens is 482 g/mol. The molecule has 4 nitrogen and oxygen atoms in total. The maximum Gasteiger partial charge on any atom is 0.339 e. The Morgan fingerprint density at radius 1 is 0.718 bits per heavy atom. The van der Waals surface area contributed by atoms with Crippen LogP contribution in [0.25, 0.3) is 33.4 Å². The number of rotatable bonds is 4. The third kappa shape index (κ3) is 3.57. The van der Waals surface area contributed by atoms with E-state index in [2.05, 4.69) is 23.7 Å². The van der Waals surface area contributed by atoms with E-state index in [1.807, 2.05) is 42.5 Å². The van der Waals surface area contributed by atoms with Crippen molar-refractivity contribution in [3.63, 3.8) is 0 Å². The van der Waals surface area contributed by atoms with Gasteiger partial charge in [0.05, 0.1) is 23.8 Å². The van der Waals surface area contributed by atoms with Gasteiger partial charge in [-0.05, 0) is 34.9 Å². The molecule has 1 aliphatic carbocycles. The average Bonchev–Trinajstić information content (AvgIpc) is 3.21. The summed E-state index contributed by atoms with van der Waals surface area (Å²) in [5.74, 6) is 9.09. The van der Waals surface area contributed by atoms with Crippen LogP contribution < -0.4 is 5.73 Å². The van der Waals surface area contributed by atoms with Crippen LogP contribution >= 0.6 is 0 Å². The number of anilines is 1. The van der Waals surface area contributed by atoms with Crippen LogP contribution in [0.3, 0.4) is 0 Å². The molecule has 0 spiro atoms. The second kappa shape index (κ2) is 9.50. The SMILES string of the molecule is C#Cc1ccc(C(=O)OC)c(C#C)c1C(=O)c1cc2c(C#C)c(c1C#C)-c1c-2ccc(-c2ccccc2)c1N. The zero-order valence-electron chi connectivity index (χ0n) is 20.9. The Hall–Kier alpha value is -5.94. The number of terminal acetylenes is 4. The topological polar surface area (TPSA) is 69.4 Å². The Morgan fingerprint density at radius 3 is 2.00 bits per heavy atom. The van der Waals surface area contributed by atoms with Crippen LogP contribution in [0, 0.1) is 49.4 Å². The molecule has 0 unspecified atom stereocenters. The standard InChI is InChI=1S/C35H19NO3/c1-6-20-15-16-27(35(38)39-5)22(7-2)30(20)34(37)29-19-28-23(8-3)31(24(29)9-4)32-26(28)18-17-25(33(32)36)21-13-11-10-12-14-21/h1-4,10-19H,36H2,5H3. The van der Waals surface area contributed by atoms with E-state index in [9.17, 15) is 9.59 Å². The van der Waals surface area contributed by atoms with E-state index in [1.54, 1.807) is 6.07 Å². The van der Waals surface area contributed by atoms with Crippen molar-refractivity contribution in [3.05, 3.63) is 99.6 Å². The molecular formula is C35H19NO3. The Kier molecular flexibility index (Phi) is 6.03. The highest BCUT2D eigenvalue weighted by Crippen LogP contribution is 2.52. The van der Waals surface area contributed by atoms with Crippen molar-refractivity contribution in [2.75, 3.05) is 12.8 Å². The summed E-state index contributed by atoms with van der Waals surface area (Å²) < 4.78 is 4.85. The molecule has 0 aliphatic heterocycles. The highest BCUT2D eigenvalue weighted by Gasteiger charge is 2.33. The molecule has 182 valence electrons. The van der Waals surface area contributed by atoms with Crippen LogP contribution in [0.5, 0.6) is 0 Å². The summed E-state index contributed by atoms with van der Waals surface area (Å²) in [6.07, 6.45) is 23.5. The highest BCUT2D eigenvalue weighted by molar-refractivity contribution is 6.19. The first-order valence-electron chi connectivity index (χ1n) is 11.8. The highest BCUT2D eigenvalue weighted by atomic mass is 16.5. The van der Waals surface area contributed by atoms with Gasteiger partial charge in [-0.15, -0.1) is 25.7 Å². The summed E-state index contributed by atoms with van der Waals surface area (Å²) in [5, 5.41) is 0. The molecule has 2 N–H and O–H groups in total. The number of benzene rings is 4. The fraction of sp³-hybridized carbons (Fsp3) is 0.0286. The number of ether oxygens (including phenoxy) is 1. The molecule has 0 aromatic heterocycles. The lowest BCUT2D eigenvalue weighted by atomic mass is 9.86. The normalized spacial score (nSPS) is 10.4. The number of carbonyl (C=O) groups is 2. The van der Waals surface area contributed by atoms with E-state index in [0.717, 1.165) is 16.7 Å². The zero-order chi connectivity index (χ0) is 27.8. The monoisotopic (exact) mass is 501 g/mol. The molecule has 4 aromatic rings. The number of nitrogen functional groups attached to an aromatic ring is 1. The van der Waals surface area contributed by atoms with Crippen molar-refractivity contribution >= 4 is 17.4 Å². The number of methoxy groups -OCH3 is 1. The average molecular weight is 502 g/mol. The van der Waals surface area contributed by atoms with E-state index in [1.165, 1.54) is 19.2 Å². The molecule has 4 aromatic carbocycles. The second-order valence-electron chi connectivity index (χ2n) is 8.72. The van der Waals surface area contributed by atoms with Gasteiger partial charge in [-0.2, -0.15) is 0 Å². The van der Waals surface area contributed by atoms with E-state index < -0.39 is 11.8 Å². The van der Waals surface area contributed by atoms with E-state index in [0.29, 0.717) is 27.9 Å². The molecule has 4 heteroatoms. The first-order chi connectivity index (χ1) is 18.9. The Bertz CT molecular complexity index is 1920. The molecule has 1 aliphatic rings. The molecule has 0 saturated carbocycles. The molecule has 39 heavy (non-hydrogen) atoms. The molecule has 0 heterocycles. The minimum absolute atomic E-state index is 0.00802. The quantitative estimate of drug-likeness (QED) is 0.152. The molecule has 5 rings (SSSR count). The van der Waals surface area contributed by atoms with Gasteiger partial charge in [0, 0.05) is 44.6 Å². The lowest BCUT2D eigenvalue weighted by Gasteiger charge is -2.15. The molecule has 0 amide bonds. The maximum atomic E-state index is 14.2. The van der Waals surface area contributed by atoms with Gasteiger partial charge in [0.25, 0.3) is 0 Å². The molecule has 0 atom stereocenters.